The third kappa shape index (κ3) is 20.0. The van der Waals surface area contributed by atoms with Crippen molar-refractivity contribution in [2.45, 2.75) is 64.9 Å². The van der Waals surface area contributed by atoms with Gasteiger partial charge in [0.15, 0.2) is 0 Å². The minimum absolute atomic E-state index is 0.132. The fourth-order valence-electron chi connectivity index (χ4n) is 2.10. The lowest BCUT2D eigenvalue weighted by atomic mass is 10.2. The molecule has 0 aliphatic carbocycles. The lowest BCUT2D eigenvalue weighted by Gasteiger charge is -1.98. The third-order valence-electron chi connectivity index (χ3n) is 3.50. The largest absolute Gasteiger partial charge is 0.466 e. The molecule has 0 rings (SSSR count). The molecule has 1 unspecified atom stereocenters. The molecule has 1 atom stereocenters. The molecule has 1 N–H and O–H groups in total. The van der Waals surface area contributed by atoms with Gasteiger partial charge in [0.1, 0.15) is 0 Å². The molecule has 150 valence electrons. The number of carbonyl (C=O) groups excluding carboxylic acids is 1. The second-order valence-corrected chi connectivity index (χ2v) is 5.96. The molecule has 0 saturated carbocycles. The Morgan fingerprint density at radius 3 is 2.11 bits per heavy atom. The van der Waals surface area contributed by atoms with Gasteiger partial charge in [-0.1, -0.05) is 79.8 Å². The topological polar surface area (TPSA) is 46.5 Å². The van der Waals surface area contributed by atoms with E-state index in [9.17, 15) is 9.90 Å². The Hall–Kier alpha value is -2.13. The number of aliphatic hydroxyl groups is 1. The summed E-state index contributed by atoms with van der Waals surface area (Å²) in [6.07, 6.45) is 29.6. The van der Waals surface area contributed by atoms with E-state index in [-0.39, 0.29) is 5.97 Å². The Morgan fingerprint density at radius 2 is 1.48 bits per heavy atom. The molecule has 0 aliphatic heterocycles. The van der Waals surface area contributed by atoms with Crippen LogP contribution in [0.3, 0.4) is 0 Å². The SMILES string of the molecule is CCC=CCC(O)C=CC=CCC=CCC=CCC=CCCC(=O)OCC. The molecule has 0 saturated heterocycles. The van der Waals surface area contributed by atoms with Crippen LogP contribution in [0.4, 0.5) is 0 Å². The maximum Gasteiger partial charge on any atom is 0.306 e. The Balaban J connectivity index is 3.67. The minimum Gasteiger partial charge on any atom is -0.466 e. The van der Waals surface area contributed by atoms with Gasteiger partial charge in [0.05, 0.1) is 12.7 Å². The highest BCUT2D eigenvalue weighted by Gasteiger charge is 1.97. The summed E-state index contributed by atoms with van der Waals surface area (Å²) in [6, 6.07) is 0. The van der Waals surface area contributed by atoms with Crippen molar-refractivity contribution in [2.75, 3.05) is 6.61 Å². The molecule has 0 spiro atoms. The van der Waals surface area contributed by atoms with Crippen LogP contribution in [0.25, 0.3) is 0 Å². The van der Waals surface area contributed by atoms with E-state index in [4.69, 9.17) is 4.74 Å². The molecule has 0 aromatic heterocycles. The first-order chi connectivity index (χ1) is 13.2. The summed E-state index contributed by atoms with van der Waals surface area (Å²) in [5.74, 6) is -0.132. The van der Waals surface area contributed by atoms with E-state index in [1.54, 1.807) is 0 Å². The summed E-state index contributed by atoms with van der Waals surface area (Å²) in [5, 5.41) is 9.69. The molecule has 3 heteroatoms. The van der Waals surface area contributed by atoms with Crippen LogP contribution in [0.15, 0.2) is 72.9 Å². The number of hydrogen-bond donors (Lipinski definition) is 1. The van der Waals surface area contributed by atoms with Gasteiger partial charge in [-0.15, -0.1) is 0 Å². The first-order valence-corrected chi connectivity index (χ1v) is 9.97. The monoisotopic (exact) mass is 372 g/mol. The summed E-state index contributed by atoms with van der Waals surface area (Å²) >= 11 is 0. The average Bonchev–Trinajstić information content (AvgIpc) is 2.65. The van der Waals surface area contributed by atoms with Crippen molar-refractivity contribution >= 4 is 5.97 Å². The van der Waals surface area contributed by atoms with Crippen molar-refractivity contribution < 1.29 is 14.6 Å². The van der Waals surface area contributed by atoms with Crippen LogP contribution in [0.1, 0.15) is 58.8 Å². The molecule has 0 aliphatic rings. The number of allylic oxidation sites excluding steroid dienone is 10. The second kappa shape index (κ2) is 20.2. The number of carbonyl (C=O) groups is 1. The van der Waals surface area contributed by atoms with E-state index in [1.165, 1.54) is 0 Å². The summed E-state index contributed by atoms with van der Waals surface area (Å²) in [6.45, 7) is 4.35. The third-order valence-corrected chi connectivity index (χ3v) is 3.50. The van der Waals surface area contributed by atoms with Gasteiger partial charge in [0.25, 0.3) is 0 Å². The number of esters is 1. The van der Waals surface area contributed by atoms with Gasteiger partial charge in [-0.2, -0.15) is 0 Å². The number of rotatable bonds is 15. The van der Waals surface area contributed by atoms with Gasteiger partial charge >= 0.3 is 5.97 Å². The van der Waals surface area contributed by atoms with Crippen LogP contribution in [-0.2, 0) is 9.53 Å². The molecule has 0 radical (unpaired) electrons. The molecular formula is C24H36O3. The summed E-state index contributed by atoms with van der Waals surface area (Å²) < 4.78 is 4.87. The normalized spacial score (nSPS) is 14.0. The maximum atomic E-state index is 11.1. The van der Waals surface area contributed by atoms with Gasteiger partial charge in [0.2, 0.25) is 0 Å². The van der Waals surface area contributed by atoms with Crippen molar-refractivity contribution in [3.63, 3.8) is 0 Å². The van der Waals surface area contributed by atoms with Crippen molar-refractivity contribution in [3.8, 4) is 0 Å². The highest BCUT2D eigenvalue weighted by atomic mass is 16.5. The molecule has 27 heavy (non-hydrogen) atoms. The van der Waals surface area contributed by atoms with Crippen LogP contribution >= 0.6 is 0 Å². The molecule has 0 bridgehead atoms. The Kier molecular flexibility index (Phi) is 18.6. The van der Waals surface area contributed by atoms with Gasteiger partial charge in [-0.3, -0.25) is 4.79 Å². The van der Waals surface area contributed by atoms with Gasteiger partial charge < -0.3 is 9.84 Å². The van der Waals surface area contributed by atoms with Gasteiger partial charge in [-0.05, 0) is 45.4 Å². The van der Waals surface area contributed by atoms with Crippen LogP contribution in [0.2, 0.25) is 0 Å². The van der Waals surface area contributed by atoms with E-state index in [0.717, 1.165) is 32.1 Å². The van der Waals surface area contributed by atoms with E-state index < -0.39 is 6.10 Å². The van der Waals surface area contributed by atoms with Crippen LogP contribution in [-0.4, -0.2) is 23.8 Å². The average molecular weight is 373 g/mol. The fourth-order valence-corrected chi connectivity index (χ4v) is 2.10. The number of ether oxygens (including phenoxy) is 1. The predicted octanol–water partition coefficient (Wildman–Crippen LogP) is 6.00. The standard InChI is InChI=1S/C24H36O3/c1-3-5-17-20-23(25)21-18-15-13-11-9-7-6-8-10-12-14-16-19-22-24(26)27-4-2/h5,7-10,13-18,21,23,25H,3-4,6,11-12,19-20,22H2,1-2H3. The van der Waals surface area contributed by atoms with Crippen molar-refractivity contribution in [2.24, 2.45) is 0 Å². The summed E-state index contributed by atoms with van der Waals surface area (Å²) in [7, 11) is 0. The zero-order chi connectivity index (χ0) is 20.0. The quantitative estimate of drug-likeness (QED) is 0.218. The van der Waals surface area contributed by atoms with Crippen molar-refractivity contribution in [3.05, 3.63) is 72.9 Å². The second-order valence-electron chi connectivity index (χ2n) is 5.96. The molecule has 0 heterocycles. The first-order valence-electron chi connectivity index (χ1n) is 9.97. The zero-order valence-corrected chi connectivity index (χ0v) is 16.9. The van der Waals surface area contributed by atoms with Crippen LogP contribution in [0.5, 0.6) is 0 Å². The van der Waals surface area contributed by atoms with E-state index in [1.807, 2.05) is 37.3 Å². The molecule has 0 aromatic carbocycles. The van der Waals surface area contributed by atoms with E-state index in [0.29, 0.717) is 19.4 Å². The highest BCUT2D eigenvalue weighted by molar-refractivity contribution is 5.69. The molecule has 3 nitrogen and oxygen atoms in total. The molecule has 0 amide bonds. The minimum atomic E-state index is -0.405. The smallest absolute Gasteiger partial charge is 0.306 e. The number of aliphatic hydroxyl groups excluding tert-OH is 1. The molecule has 0 fully saturated rings. The van der Waals surface area contributed by atoms with Crippen LogP contribution < -0.4 is 0 Å². The highest BCUT2D eigenvalue weighted by Crippen LogP contribution is 1.99. The van der Waals surface area contributed by atoms with Crippen molar-refractivity contribution in [1.29, 1.82) is 0 Å². The molecular weight excluding hydrogens is 336 g/mol. The summed E-state index contributed by atoms with van der Waals surface area (Å²) in [4.78, 5) is 11.1. The Bertz CT molecular complexity index is 522. The maximum absolute atomic E-state index is 11.1. The first kappa shape index (κ1) is 24.9. The Labute approximate surface area is 165 Å². The lowest BCUT2D eigenvalue weighted by Crippen LogP contribution is -2.02. The molecule has 0 aromatic rings. The van der Waals surface area contributed by atoms with Gasteiger partial charge in [0, 0.05) is 6.42 Å². The van der Waals surface area contributed by atoms with Crippen LogP contribution in [0, 0.1) is 0 Å². The van der Waals surface area contributed by atoms with Crippen molar-refractivity contribution in [1.82, 2.24) is 0 Å². The van der Waals surface area contributed by atoms with Gasteiger partial charge in [-0.25, -0.2) is 0 Å². The lowest BCUT2D eigenvalue weighted by molar-refractivity contribution is -0.143. The fraction of sp³-hybridized carbons (Fsp3) is 0.458. The number of hydrogen-bond acceptors (Lipinski definition) is 3. The summed E-state index contributed by atoms with van der Waals surface area (Å²) in [5.41, 5.74) is 0. The van der Waals surface area contributed by atoms with E-state index in [2.05, 4.69) is 49.5 Å². The zero-order valence-electron chi connectivity index (χ0n) is 16.9. The van der Waals surface area contributed by atoms with E-state index >= 15 is 0 Å². The Morgan fingerprint density at radius 1 is 0.852 bits per heavy atom. The predicted molar refractivity (Wildman–Crippen MR) is 115 cm³/mol.